The molecule has 0 aromatic rings. The molecule has 2 N–H and O–H groups in total. The lowest BCUT2D eigenvalue weighted by Crippen LogP contribution is -2.50. The van der Waals surface area contributed by atoms with Gasteiger partial charge in [-0.15, -0.1) is 6.58 Å². The Morgan fingerprint density at radius 3 is 2.55 bits per heavy atom. The Morgan fingerprint density at radius 1 is 1.13 bits per heavy atom. The van der Waals surface area contributed by atoms with E-state index >= 15 is 0 Å². The van der Waals surface area contributed by atoms with Gasteiger partial charge in [-0.3, -0.25) is 0 Å². The van der Waals surface area contributed by atoms with Gasteiger partial charge in [-0.05, 0) is 111 Å². The van der Waals surface area contributed by atoms with Crippen molar-refractivity contribution in [2.75, 3.05) is 0 Å². The first-order valence-corrected chi connectivity index (χ1v) is 13.3. The highest BCUT2D eigenvalue weighted by molar-refractivity contribution is 5.25. The van der Waals surface area contributed by atoms with Gasteiger partial charge in [-0.25, -0.2) is 0 Å². The summed E-state index contributed by atoms with van der Waals surface area (Å²) in [5.41, 5.74) is 1.65. The van der Waals surface area contributed by atoms with Crippen molar-refractivity contribution < 1.29 is 10.2 Å². The molecule has 4 rings (SSSR count). The minimum absolute atomic E-state index is 0.110. The number of aliphatic hydroxyl groups is 2. The molecule has 0 bridgehead atoms. The SMILES string of the molecule is C=C[C@@](O)(CC[C@H](C)[C@H]1CC[C@@H]2[C@@H]3CC=C4C[C@@H](O)CC[C@@]4(C)[C@H]3CC[C@@]21C)C(C)C. The Hall–Kier alpha value is -0.600. The van der Waals surface area contributed by atoms with Gasteiger partial charge in [0.1, 0.15) is 0 Å². The highest BCUT2D eigenvalue weighted by Gasteiger charge is 2.59. The van der Waals surface area contributed by atoms with Crippen molar-refractivity contribution in [1.82, 2.24) is 0 Å². The van der Waals surface area contributed by atoms with Crippen LogP contribution in [0.4, 0.5) is 0 Å². The lowest BCUT2D eigenvalue weighted by molar-refractivity contribution is -0.0590. The molecule has 0 heterocycles. The van der Waals surface area contributed by atoms with Gasteiger partial charge in [0.05, 0.1) is 11.7 Å². The predicted octanol–water partition coefficient (Wildman–Crippen LogP) is 6.92. The van der Waals surface area contributed by atoms with E-state index in [1.807, 2.05) is 0 Å². The third-order valence-corrected chi connectivity index (χ3v) is 11.2. The average molecular weight is 429 g/mol. The van der Waals surface area contributed by atoms with E-state index in [0.717, 1.165) is 49.4 Å². The van der Waals surface area contributed by atoms with Crippen LogP contribution in [-0.4, -0.2) is 21.9 Å². The molecule has 4 aliphatic rings. The fraction of sp³-hybridized carbons (Fsp3) is 0.862. The molecule has 3 saturated carbocycles. The van der Waals surface area contributed by atoms with E-state index < -0.39 is 5.60 Å². The van der Waals surface area contributed by atoms with Crippen molar-refractivity contribution in [2.24, 2.45) is 46.3 Å². The van der Waals surface area contributed by atoms with Crippen LogP contribution in [-0.2, 0) is 0 Å². The van der Waals surface area contributed by atoms with E-state index in [9.17, 15) is 10.2 Å². The minimum Gasteiger partial charge on any atom is -0.393 e. The molecular weight excluding hydrogens is 380 g/mol. The number of hydrogen-bond acceptors (Lipinski definition) is 2. The third kappa shape index (κ3) is 3.78. The number of rotatable bonds is 6. The van der Waals surface area contributed by atoms with Crippen LogP contribution in [0.25, 0.3) is 0 Å². The van der Waals surface area contributed by atoms with E-state index in [1.54, 1.807) is 11.6 Å². The maximum absolute atomic E-state index is 11.0. The number of fused-ring (bicyclic) bond motifs is 5. The standard InChI is InChI=1S/C29H48O2/c1-7-29(31,19(2)3)17-12-20(4)24-10-11-25-23-9-8-21-18-22(30)13-15-27(21,5)26(23)14-16-28(24,25)6/h7-8,19-20,22-26,30-31H,1,9-18H2,2-6H3/t20-,22-,23-,24+,25+,26-,27+,28+,29+/m0/s1. The fourth-order valence-electron chi connectivity index (χ4n) is 8.90. The molecule has 0 radical (unpaired) electrons. The molecule has 31 heavy (non-hydrogen) atoms. The van der Waals surface area contributed by atoms with Crippen molar-refractivity contribution in [1.29, 1.82) is 0 Å². The van der Waals surface area contributed by atoms with Crippen LogP contribution < -0.4 is 0 Å². The molecule has 4 aliphatic carbocycles. The summed E-state index contributed by atoms with van der Waals surface area (Å²) in [6.45, 7) is 15.7. The zero-order valence-electron chi connectivity index (χ0n) is 20.9. The summed E-state index contributed by atoms with van der Waals surface area (Å²) in [5, 5.41) is 21.2. The van der Waals surface area contributed by atoms with Crippen LogP contribution in [0.1, 0.15) is 98.8 Å². The van der Waals surface area contributed by atoms with Crippen molar-refractivity contribution in [3.63, 3.8) is 0 Å². The number of allylic oxidation sites excluding steroid dienone is 1. The largest absolute Gasteiger partial charge is 0.393 e. The van der Waals surface area contributed by atoms with Gasteiger partial charge in [-0.2, -0.15) is 0 Å². The molecule has 0 amide bonds. The molecule has 9 atom stereocenters. The van der Waals surface area contributed by atoms with Crippen molar-refractivity contribution in [3.05, 3.63) is 24.3 Å². The number of aliphatic hydroxyl groups excluding tert-OH is 1. The van der Waals surface area contributed by atoms with Crippen LogP contribution in [0.5, 0.6) is 0 Å². The van der Waals surface area contributed by atoms with Gasteiger partial charge >= 0.3 is 0 Å². The van der Waals surface area contributed by atoms with Crippen LogP contribution in [0.15, 0.2) is 24.3 Å². The minimum atomic E-state index is -0.727. The monoisotopic (exact) mass is 428 g/mol. The highest BCUT2D eigenvalue weighted by Crippen LogP contribution is 2.67. The molecule has 0 aliphatic heterocycles. The zero-order chi connectivity index (χ0) is 22.6. The maximum atomic E-state index is 11.0. The molecule has 0 aromatic heterocycles. The van der Waals surface area contributed by atoms with Crippen LogP contribution in [0.2, 0.25) is 0 Å². The topological polar surface area (TPSA) is 40.5 Å². The molecule has 0 spiro atoms. The summed E-state index contributed by atoms with van der Waals surface area (Å²) >= 11 is 0. The van der Waals surface area contributed by atoms with Gasteiger partial charge in [0.25, 0.3) is 0 Å². The Labute approximate surface area is 191 Å². The smallest absolute Gasteiger partial charge is 0.0847 e. The molecule has 2 nitrogen and oxygen atoms in total. The van der Waals surface area contributed by atoms with E-state index in [4.69, 9.17) is 0 Å². The summed E-state index contributed by atoms with van der Waals surface area (Å²) in [5.74, 6) is 4.17. The Kier molecular flexibility index (Phi) is 6.32. The molecule has 2 heteroatoms. The molecular formula is C29H48O2. The summed E-state index contributed by atoms with van der Waals surface area (Å²) in [6, 6.07) is 0. The first-order chi connectivity index (χ1) is 14.5. The molecule has 0 aromatic carbocycles. The van der Waals surface area contributed by atoms with Crippen molar-refractivity contribution in [3.8, 4) is 0 Å². The normalized spacial score (nSPS) is 45.2. The summed E-state index contributed by atoms with van der Waals surface area (Å²) in [6.07, 6.45) is 16.0. The second-order valence-electron chi connectivity index (χ2n) is 12.8. The first kappa shape index (κ1) is 23.6. The molecule has 0 saturated heterocycles. The Morgan fingerprint density at radius 2 is 1.87 bits per heavy atom. The molecule has 0 unspecified atom stereocenters. The van der Waals surface area contributed by atoms with Crippen LogP contribution in [0.3, 0.4) is 0 Å². The summed E-state index contributed by atoms with van der Waals surface area (Å²) in [4.78, 5) is 0. The highest BCUT2D eigenvalue weighted by atomic mass is 16.3. The van der Waals surface area contributed by atoms with Crippen molar-refractivity contribution >= 4 is 0 Å². The fourth-order valence-corrected chi connectivity index (χ4v) is 8.90. The van der Waals surface area contributed by atoms with Gasteiger partial charge in [0.15, 0.2) is 0 Å². The van der Waals surface area contributed by atoms with Crippen molar-refractivity contribution in [2.45, 2.75) is 111 Å². The second-order valence-corrected chi connectivity index (χ2v) is 12.8. The quantitative estimate of drug-likeness (QED) is 0.451. The summed E-state index contributed by atoms with van der Waals surface area (Å²) < 4.78 is 0. The third-order valence-electron chi connectivity index (χ3n) is 11.2. The first-order valence-electron chi connectivity index (χ1n) is 13.3. The van der Waals surface area contributed by atoms with E-state index in [1.165, 1.54) is 38.5 Å². The lowest BCUT2D eigenvalue weighted by atomic mass is 9.47. The van der Waals surface area contributed by atoms with Gasteiger partial charge in [0, 0.05) is 0 Å². The number of hydrogen-bond donors (Lipinski definition) is 2. The summed E-state index contributed by atoms with van der Waals surface area (Å²) in [7, 11) is 0. The van der Waals surface area contributed by atoms with Gasteiger partial charge in [-0.1, -0.05) is 52.3 Å². The molecule has 176 valence electrons. The maximum Gasteiger partial charge on any atom is 0.0847 e. The molecule has 3 fully saturated rings. The zero-order valence-corrected chi connectivity index (χ0v) is 20.9. The lowest BCUT2D eigenvalue weighted by Gasteiger charge is -2.58. The Bertz CT molecular complexity index is 710. The Balaban J connectivity index is 1.49. The van der Waals surface area contributed by atoms with Crippen LogP contribution in [0, 0.1) is 46.3 Å². The van der Waals surface area contributed by atoms with Gasteiger partial charge < -0.3 is 10.2 Å². The van der Waals surface area contributed by atoms with E-state index in [-0.39, 0.29) is 12.0 Å². The van der Waals surface area contributed by atoms with Gasteiger partial charge in [0.2, 0.25) is 0 Å². The average Bonchev–Trinajstić information content (AvgIpc) is 3.09. The second kappa shape index (κ2) is 8.32. The van der Waals surface area contributed by atoms with E-state index in [2.05, 4.69) is 47.3 Å². The van der Waals surface area contributed by atoms with Crippen LogP contribution >= 0.6 is 0 Å². The van der Waals surface area contributed by atoms with E-state index in [0.29, 0.717) is 16.7 Å². The predicted molar refractivity (Wildman–Crippen MR) is 130 cm³/mol.